The molecule has 0 saturated heterocycles. The van der Waals surface area contributed by atoms with Crippen LogP contribution in [0.2, 0.25) is 0 Å². The highest BCUT2D eigenvalue weighted by atomic mass is 19.1. The van der Waals surface area contributed by atoms with E-state index in [1.807, 2.05) is 7.05 Å². The molecule has 0 fully saturated rings. The van der Waals surface area contributed by atoms with Crippen LogP contribution in [0.25, 0.3) is 0 Å². The Balaban J connectivity index is 2.83. The number of nitrogens with two attached hydrogens (primary N) is 1. The normalized spacial score (nSPS) is 18.5. The highest BCUT2D eigenvalue weighted by Crippen LogP contribution is 2.14. The Bertz CT molecular complexity index is 184. The molecule has 1 rings (SSSR count). The van der Waals surface area contributed by atoms with E-state index < -0.39 is 0 Å². The van der Waals surface area contributed by atoms with Crippen LogP contribution < -0.4 is 5.73 Å². The molecule has 2 N–H and O–H groups in total. The van der Waals surface area contributed by atoms with Crippen LogP contribution in [0.1, 0.15) is 0 Å². The molecule has 0 aliphatic carbocycles. The fraction of sp³-hybridized carbons (Fsp3) is 0.429. The van der Waals surface area contributed by atoms with E-state index >= 15 is 0 Å². The molecule has 0 aromatic heterocycles. The van der Waals surface area contributed by atoms with Crippen molar-refractivity contribution in [1.29, 1.82) is 0 Å². The van der Waals surface area contributed by atoms with Gasteiger partial charge in [0.05, 0.1) is 5.70 Å². The van der Waals surface area contributed by atoms with Crippen LogP contribution >= 0.6 is 0 Å². The number of hydrogen-bond acceptors (Lipinski definition) is 2. The van der Waals surface area contributed by atoms with Crippen molar-refractivity contribution in [3.05, 3.63) is 23.7 Å². The third-order valence-electron chi connectivity index (χ3n) is 1.57. The minimum atomic E-state index is -0.212. The van der Waals surface area contributed by atoms with Crippen LogP contribution in [0.5, 0.6) is 0 Å². The van der Waals surface area contributed by atoms with Crippen LogP contribution in [0, 0.1) is 0 Å². The minimum Gasteiger partial charge on any atom is -0.371 e. The Morgan fingerprint density at radius 3 is 2.90 bits per heavy atom. The molecule has 2 nitrogen and oxygen atoms in total. The summed E-state index contributed by atoms with van der Waals surface area (Å²) < 4.78 is 12.8. The Morgan fingerprint density at radius 1 is 1.80 bits per heavy atom. The van der Waals surface area contributed by atoms with Crippen molar-refractivity contribution in [2.45, 2.75) is 0 Å². The van der Waals surface area contributed by atoms with Crippen LogP contribution in [0.15, 0.2) is 23.7 Å². The van der Waals surface area contributed by atoms with Crippen LogP contribution in [-0.4, -0.2) is 25.0 Å². The molecule has 0 amide bonds. The van der Waals surface area contributed by atoms with E-state index in [2.05, 4.69) is 0 Å². The zero-order chi connectivity index (χ0) is 7.56. The van der Waals surface area contributed by atoms with Gasteiger partial charge < -0.3 is 10.6 Å². The van der Waals surface area contributed by atoms with Gasteiger partial charge in [0.25, 0.3) is 0 Å². The molecule has 1 aliphatic heterocycles. The molecular formula is C7H11FN2. The highest BCUT2D eigenvalue weighted by molar-refractivity contribution is 5.23. The SMILES string of the molecule is CN1CC=CC(F)=C1CN. The topological polar surface area (TPSA) is 29.3 Å². The Kier molecular flexibility index (Phi) is 2.06. The van der Waals surface area contributed by atoms with E-state index in [4.69, 9.17) is 5.73 Å². The maximum Gasteiger partial charge on any atom is 0.143 e. The molecule has 0 radical (unpaired) electrons. The van der Waals surface area contributed by atoms with Gasteiger partial charge in [0, 0.05) is 20.1 Å². The monoisotopic (exact) mass is 142 g/mol. The summed E-state index contributed by atoms with van der Waals surface area (Å²) in [6, 6.07) is 0. The third kappa shape index (κ3) is 1.19. The molecule has 0 unspecified atom stereocenters. The van der Waals surface area contributed by atoms with Crippen molar-refractivity contribution in [2.75, 3.05) is 20.1 Å². The number of rotatable bonds is 1. The molecule has 0 aromatic carbocycles. The van der Waals surface area contributed by atoms with Crippen molar-refractivity contribution in [2.24, 2.45) is 5.73 Å². The first-order valence-electron chi connectivity index (χ1n) is 3.22. The van der Waals surface area contributed by atoms with E-state index in [-0.39, 0.29) is 12.4 Å². The summed E-state index contributed by atoms with van der Waals surface area (Å²) >= 11 is 0. The molecular weight excluding hydrogens is 131 g/mol. The molecule has 0 aromatic rings. The molecule has 10 heavy (non-hydrogen) atoms. The summed E-state index contributed by atoms with van der Waals surface area (Å²) in [4.78, 5) is 1.80. The van der Waals surface area contributed by atoms with Crippen molar-refractivity contribution < 1.29 is 4.39 Å². The second-order valence-electron chi connectivity index (χ2n) is 2.28. The average Bonchev–Trinajstić information content (AvgIpc) is 1.88. The summed E-state index contributed by atoms with van der Waals surface area (Å²) in [5.41, 5.74) is 5.90. The second kappa shape index (κ2) is 2.84. The van der Waals surface area contributed by atoms with Gasteiger partial charge in [0.1, 0.15) is 5.83 Å². The molecule has 0 bridgehead atoms. The van der Waals surface area contributed by atoms with Crippen LogP contribution in [0.3, 0.4) is 0 Å². The smallest absolute Gasteiger partial charge is 0.143 e. The number of hydrogen-bond donors (Lipinski definition) is 1. The van der Waals surface area contributed by atoms with Crippen molar-refractivity contribution in [1.82, 2.24) is 4.90 Å². The van der Waals surface area contributed by atoms with E-state index in [1.165, 1.54) is 6.08 Å². The minimum absolute atomic E-state index is 0.212. The Labute approximate surface area is 59.8 Å². The Hall–Kier alpha value is -0.830. The number of likely N-dealkylation sites (N-methyl/N-ethyl adjacent to an activating group) is 1. The van der Waals surface area contributed by atoms with E-state index in [0.717, 1.165) is 6.54 Å². The van der Waals surface area contributed by atoms with Gasteiger partial charge in [-0.2, -0.15) is 0 Å². The molecule has 1 aliphatic rings. The lowest BCUT2D eigenvalue weighted by Crippen LogP contribution is -2.26. The number of halogens is 1. The van der Waals surface area contributed by atoms with Gasteiger partial charge in [-0.3, -0.25) is 0 Å². The lowest BCUT2D eigenvalue weighted by Gasteiger charge is -2.22. The van der Waals surface area contributed by atoms with Crippen LogP contribution in [-0.2, 0) is 0 Å². The first-order valence-corrected chi connectivity index (χ1v) is 3.22. The maximum absolute atomic E-state index is 12.8. The summed E-state index contributed by atoms with van der Waals surface area (Å²) in [6.45, 7) is 1.02. The van der Waals surface area contributed by atoms with Gasteiger partial charge in [-0.05, 0) is 6.08 Å². The Morgan fingerprint density at radius 2 is 2.50 bits per heavy atom. The lowest BCUT2D eigenvalue weighted by atomic mass is 10.2. The van der Waals surface area contributed by atoms with Gasteiger partial charge in [-0.15, -0.1) is 0 Å². The quantitative estimate of drug-likeness (QED) is 0.581. The molecule has 0 atom stereocenters. The van der Waals surface area contributed by atoms with Crippen molar-refractivity contribution in [3.8, 4) is 0 Å². The number of allylic oxidation sites excluding steroid dienone is 2. The summed E-state index contributed by atoms with van der Waals surface area (Å²) in [5.74, 6) is -0.212. The van der Waals surface area contributed by atoms with E-state index in [0.29, 0.717) is 5.70 Å². The molecule has 1 heterocycles. The first kappa shape index (κ1) is 7.28. The fourth-order valence-electron chi connectivity index (χ4n) is 0.956. The maximum atomic E-state index is 12.8. The number of nitrogens with zero attached hydrogens (tertiary/aromatic N) is 1. The van der Waals surface area contributed by atoms with Gasteiger partial charge in [-0.1, -0.05) is 6.08 Å². The third-order valence-corrected chi connectivity index (χ3v) is 1.57. The summed E-state index contributed by atoms with van der Waals surface area (Å²) in [7, 11) is 1.82. The predicted octanol–water partition coefficient (Wildman–Crippen LogP) is 0.628. The molecule has 0 spiro atoms. The predicted molar refractivity (Wildman–Crippen MR) is 39.0 cm³/mol. The second-order valence-corrected chi connectivity index (χ2v) is 2.28. The fourth-order valence-corrected chi connectivity index (χ4v) is 0.956. The molecule has 0 saturated carbocycles. The lowest BCUT2D eigenvalue weighted by molar-refractivity contribution is 0.422. The molecule has 56 valence electrons. The highest BCUT2D eigenvalue weighted by Gasteiger charge is 2.09. The standard InChI is InChI=1S/C7H11FN2/c1-10-4-2-3-6(8)7(10)5-9/h2-3H,4-5,9H2,1H3. The largest absolute Gasteiger partial charge is 0.371 e. The van der Waals surface area contributed by atoms with Crippen molar-refractivity contribution >= 4 is 0 Å². The zero-order valence-corrected chi connectivity index (χ0v) is 5.97. The van der Waals surface area contributed by atoms with Gasteiger partial charge in [0.15, 0.2) is 0 Å². The van der Waals surface area contributed by atoms with E-state index in [1.54, 1.807) is 11.0 Å². The average molecular weight is 142 g/mol. The summed E-state index contributed by atoms with van der Waals surface area (Å²) in [6.07, 6.45) is 3.23. The van der Waals surface area contributed by atoms with Crippen molar-refractivity contribution in [3.63, 3.8) is 0 Å². The van der Waals surface area contributed by atoms with Gasteiger partial charge >= 0.3 is 0 Å². The van der Waals surface area contributed by atoms with E-state index in [9.17, 15) is 4.39 Å². The summed E-state index contributed by atoms with van der Waals surface area (Å²) in [5, 5.41) is 0. The van der Waals surface area contributed by atoms with Crippen LogP contribution in [0.4, 0.5) is 4.39 Å². The van der Waals surface area contributed by atoms with Gasteiger partial charge in [0.2, 0.25) is 0 Å². The first-order chi connectivity index (χ1) is 4.75. The zero-order valence-electron chi connectivity index (χ0n) is 5.97. The molecule has 3 heteroatoms. The van der Waals surface area contributed by atoms with Gasteiger partial charge in [-0.25, -0.2) is 4.39 Å².